The van der Waals surface area contributed by atoms with Crippen molar-refractivity contribution in [1.29, 1.82) is 0 Å². The summed E-state index contributed by atoms with van der Waals surface area (Å²) in [4.78, 5) is 22.9. The van der Waals surface area contributed by atoms with Crippen LogP contribution >= 0.6 is 0 Å². The molecule has 2 N–H and O–H groups in total. The normalized spacial score (nSPS) is 10.5. The van der Waals surface area contributed by atoms with Crippen molar-refractivity contribution in [3.05, 3.63) is 70.8 Å². The maximum atomic E-state index is 11.5. The Bertz CT molecular complexity index is 625. The lowest BCUT2D eigenvalue weighted by atomic mass is 10.1. The first-order valence-corrected chi connectivity index (χ1v) is 6.96. The minimum atomic E-state index is -0.0969. The van der Waals surface area contributed by atoms with Crippen molar-refractivity contribution < 1.29 is 9.59 Å². The molecule has 0 aliphatic heterocycles. The van der Waals surface area contributed by atoms with Gasteiger partial charge >= 0.3 is 0 Å². The van der Waals surface area contributed by atoms with Crippen LogP contribution < -0.4 is 10.6 Å². The van der Waals surface area contributed by atoms with E-state index in [0.717, 1.165) is 11.1 Å². The number of carbonyl (C=O) groups excluding carboxylic acids is 2. The summed E-state index contributed by atoms with van der Waals surface area (Å²) in [5.41, 5.74) is 3.27. The Kier molecular flexibility index (Phi) is 5.09. The van der Waals surface area contributed by atoms with Crippen molar-refractivity contribution in [2.75, 3.05) is 14.1 Å². The van der Waals surface area contributed by atoms with E-state index in [0.29, 0.717) is 11.1 Å². The van der Waals surface area contributed by atoms with E-state index in [4.69, 9.17) is 0 Å². The molecule has 0 bridgehead atoms. The number of hydrogen-bond acceptors (Lipinski definition) is 2. The number of amides is 2. The average Bonchev–Trinajstić information content (AvgIpc) is 2.59. The fourth-order valence-electron chi connectivity index (χ4n) is 1.97. The zero-order valence-electron chi connectivity index (χ0n) is 12.6. The van der Waals surface area contributed by atoms with Gasteiger partial charge in [0.15, 0.2) is 0 Å². The van der Waals surface area contributed by atoms with Crippen LogP contribution in [0.1, 0.15) is 31.8 Å². The fraction of sp³-hybridized carbons (Fsp3) is 0.111. The second-order valence-electron chi connectivity index (χ2n) is 4.74. The average molecular weight is 294 g/mol. The lowest BCUT2D eigenvalue weighted by Crippen LogP contribution is -2.17. The van der Waals surface area contributed by atoms with Gasteiger partial charge in [0.05, 0.1) is 0 Å². The third kappa shape index (κ3) is 3.82. The Morgan fingerprint density at radius 2 is 1.00 bits per heavy atom. The molecule has 4 heteroatoms. The molecular weight excluding hydrogens is 276 g/mol. The molecule has 0 spiro atoms. The maximum absolute atomic E-state index is 11.5. The van der Waals surface area contributed by atoms with Crippen molar-refractivity contribution in [2.45, 2.75) is 0 Å². The molecule has 22 heavy (non-hydrogen) atoms. The lowest BCUT2D eigenvalue weighted by Gasteiger charge is -2.01. The molecule has 2 aromatic rings. The van der Waals surface area contributed by atoms with Crippen LogP contribution in [0.4, 0.5) is 0 Å². The Balaban J connectivity index is 2.08. The summed E-state index contributed by atoms with van der Waals surface area (Å²) in [6.45, 7) is 0. The molecule has 2 rings (SSSR count). The zero-order chi connectivity index (χ0) is 15.9. The summed E-state index contributed by atoms with van der Waals surface area (Å²) in [6, 6.07) is 14.7. The molecule has 0 atom stereocenters. The minimum Gasteiger partial charge on any atom is -0.355 e. The molecule has 4 nitrogen and oxygen atoms in total. The monoisotopic (exact) mass is 294 g/mol. The van der Waals surface area contributed by atoms with Gasteiger partial charge in [-0.05, 0) is 35.4 Å². The van der Waals surface area contributed by atoms with Crippen LogP contribution in [-0.4, -0.2) is 25.9 Å². The molecule has 0 saturated heterocycles. The molecule has 0 aliphatic carbocycles. The van der Waals surface area contributed by atoms with Crippen molar-refractivity contribution in [3.8, 4) is 0 Å². The quantitative estimate of drug-likeness (QED) is 0.852. The van der Waals surface area contributed by atoms with Crippen LogP contribution in [-0.2, 0) is 0 Å². The van der Waals surface area contributed by atoms with Gasteiger partial charge in [0.1, 0.15) is 0 Å². The predicted octanol–water partition coefficient (Wildman–Crippen LogP) is 2.58. The van der Waals surface area contributed by atoms with Crippen molar-refractivity contribution in [2.24, 2.45) is 0 Å². The largest absolute Gasteiger partial charge is 0.355 e. The molecular formula is C18H18N2O2. The van der Waals surface area contributed by atoms with Gasteiger partial charge in [0.25, 0.3) is 11.8 Å². The van der Waals surface area contributed by atoms with Gasteiger partial charge in [0.2, 0.25) is 0 Å². The van der Waals surface area contributed by atoms with Gasteiger partial charge in [-0.15, -0.1) is 0 Å². The Hall–Kier alpha value is -2.88. The molecule has 0 aromatic heterocycles. The van der Waals surface area contributed by atoms with Crippen LogP contribution in [0.15, 0.2) is 48.5 Å². The number of rotatable bonds is 4. The summed E-state index contributed by atoms with van der Waals surface area (Å²) < 4.78 is 0. The minimum absolute atomic E-state index is 0.0969. The van der Waals surface area contributed by atoms with Gasteiger partial charge in [-0.2, -0.15) is 0 Å². The fourth-order valence-corrected chi connectivity index (χ4v) is 1.97. The van der Waals surface area contributed by atoms with Crippen molar-refractivity contribution in [3.63, 3.8) is 0 Å². The smallest absolute Gasteiger partial charge is 0.251 e. The number of carbonyl (C=O) groups is 2. The number of benzene rings is 2. The Morgan fingerprint density at radius 3 is 1.27 bits per heavy atom. The van der Waals surface area contributed by atoms with Crippen LogP contribution in [0.2, 0.25) is 0 Å². The van der Waals surface area contributed by atoms with E-state index in [9.17, 15) is 9.59 Å². The van der Waals surface area contributed by atoms with E-state index in [1.807, 2.05) is 36.4 Å². The molecule has 112 valence electrons. The van der Waals surface area contributed by atoms with Crippen LogP contribution in [0.3, 0.4) is 0 Å². The third-order valence-electron chi connectivity index (χ3n) is 3.27. The second-order valence-corrected chi connectivity index (χ2v) is 4.74. The van der Waals surface area contributed by atoms with E-state index in [-0.39, 0.29) is 11.8 Å². The lowest BCUT2D eigenvalue weighted by molar-refractivity contribution is 0.0955. The highest BCUT2D eigenvalue weighted by Crippen LogP contribution is 2.11. The Labute approximate surface area is 129 Å². The first kappa shape index (κ1) is 15.5. The molecule has 2 amide bonds. The van der Waals surface area contributed by atoms with Crippen LogP contribution in [0, 0.1) is 0 Å². The van der Waals surface area contributed by atoms with Gasteiger partial charge in [-0.25, -0.2) is 0 Å². The third-order valence-corrected chi connectivity index (χ3v) is 3.27. The van der Waals surface area contributed by atoms with Crippen molar-refractivity contribution in [1.82, 2.24) is 10.6 Å². The molecule has 0 unspecified atom stereocenters. The topological polar surface area (TPSA) is 58.2 Å². The predicted molar refractivity (Wildman–Crippen MR) is 88.6 cm³/mol. The summed E-state index contributed by atoms with van der Waals surface area (Å²) in [5.74, 6) is -0.194. The van der Waals surface area contributed by atoms with Gasteiger partial charge in [-0.3, -0.25) is 9.59 Å². The van der Waals surface area contributed by atoms with Crippen LogP contribution in [0.25, 0.3) is 12.2 Å². The molecule has 2 aromatic carbocycles. The zero-order valence-corrected chi connectivity index (χ0v) is 12.6. The van der Waals surface area contributed by atoms with Gasteiger partial charge in [0, 0.05) is 25.2 Å². The van der Waals surface area contributed by atoms with E-state index in [2.05, 4.69) is 10.6 Å². The van der Waals surface area contributed by atoms with Crippen molar-refractivity contribution >= 4 is 24.0 Å². The Morgan fingerprint density at radius 1 is 0.682 bits per heavy atom. The van der Waals surface area contributed by atoms with Gasteiger partial charge < -0.3 is 10.6 Å². The number of hydrogen-bond donors (Lipinski definition) is 2. The highest BCUT2D eigenvalue weighted by molar-refractivity contribution is 5.94. The highest BCUT2D eigenvalue weighted by atomic mass is 16.2. The highest BCUT2D eigenvalue weighted by Gasteiger charge is 2.02. The summed E-state index contributed by atoms with van der Waals surface area (Å²) in [5, 5.41) is 5.18. The van der Waals surface area contributed by atoms with E-state index in [1.54, 1.807) is 38.4 Å². The molecule has 0 heterocycles. The first-order valence-electron chi connectivity index (χ1n) is 6.96. The second kappa shape index (κ2) is 7.22. The number of nitrogens with one attached hydrogen (secondary N) is 2. The van der Waals surface area contributed by atoms with E-state index in [1.165, 1.54) is 0 Å². The molecule has 0 saturated carbocycles. The maximum Gasteiger partial charge on any atom is 0.251 e. The summed E-state index contributed by atoms with van der Waals surface area (Å²) in [7, 11) is 3.22. The SMILES string of the molecule is CNC(=O)c1ccc(/C=C/c2ccc(C(=O)NC)cc2)cc1. The summed E-state index contributed by atoms with van der Waals surface area (Å²) >= 11 is 0. The molecule has 0 aliphatic rings. The standard InChI is InChI=1S/C18H18N2O2/c1-19-17(21)15-9-5-13(6-10-15)3-4-14-7-11-16(12-8-14)18(22)20-2/h3-12H,1-2H3,(H,19,21)(H,20,22)/b4-3+. The van der Waals surface area contributed by atoms with Crippen LogP contribution in [0.5, 0.6) is 0 Å². The molecule has 0 radical (unpaired) electrons. The van der Waals surface area contributed by atoms with E-state index < -0.39 is 0 Å². The molecule has 0 fully saturated rings. The van der Waals surface area contributed by atoms with E-state index >= 15 is 0 Å². The first-order chi connectivity index (χ1) is 10.6. The van der Waals surface area contributed by atoms with Gasteiger partial charge in [-0.1, -0.05) is 36.4 Å². The summed E-state index contributed by atoms with van der Waals surface area (Å²) in [6.07, 6.45) is 3.92.